The van der Waals surface area contributed by atoms with Crippen LogP contribution in [0.25, 0.3) is 0 Å². The monoisotopic (exact) mass is 435 g/mol. The van der Waals surface area contributed by atoms with Gasteiger partial charge in [0.05, 0.1) is 27.9 Å². The number of aryl methyl sites for hydroxylation is 2. The van der Waals surface area contributed by atoms with E-state index >= 15 is 0 Å². The summed E-state index contributed by atoms with van der Waals surface area (Å²) in [5.74, 6) is -1.41. The molecule has 1 atom stereocenters. The molecule has 0 radical (unpaired) electrons. The summed E-state index contributed by atoms with van der Waals surface area (Å²) in [7, 11) is 0. The summed E-state index contributed by atoms with van der Waals surface area (Å²) in [6.07, 6.45) is 0.389. The molecule has 1 heterocycles. The van der Waals surface area contributed by atoms with Crippen LogP contribution in [0.4, 0.5) is 10.1 Å². The van der Waals surface area contributed by atoms with Gasteiger partial charge < -0.3 is 10.0 Å². The number of benzene rings is 3. The molecular formula is C25H22FNO3S. The maximum absolute atomic E-state index is 14.7. The van der Waals surface area contributed by atoms with Crippen molar-refractivity contribution in [1.82, 2.24) is 0 Å². The number of fused-ring (bicyclic) bond motifs is 1. The van der Waals surface area contributed by atoms with Crippen LogP contribution in [-0.2, 0) is 17.8 Å². The molecule has 4 nitrogen and oxygen atoms in total. The van der Waals surface area contributed by atoms with Crippen LogP contribution >= 0.6 is 11.8 Å². The number of carbonyl (C=O) groups excluding carboxylic acids is 1. The second-order valence-corrected chi connectivity index (χ2v) is 8.97. The Morgan fingerprint density at radius 1 is 1.10 bits per heavy atom. The highest BCUT2D eigenvalue weighted by atomic mass is 32.2. The van der Waals surface area contributed by atoms with Crippen molar-refractivity contribution in [2.24, 2.45) is 0 Å². The number of amides is 1. The number of carboxylic acids is 1. The Bertz CT molecular complexity index is 1160. The first-order valence-electron chi connectivity index (χ1n) is 9.98. The highest BCUT2D eigenvalue weighted by Crippen LogP contribution is 2.42. The molecule has 3 aromatic carbocycles. The van der Waals surface area contributed by atoms with E-state index < -0.39 is 11.2 Å². The molecule has 0 aromatic heterocycles. The Labute approximate surface area is 184 Å². The molecule has 0 saturated heterocycles. The van der Waals surface area contributed by atoms with Crippen molar-refractivity contribution in [2.75, 3.05) is 4.90 Å². The van der Waals surface area contributed by atoms with Gasteiger partial charge in [-0.1, -0.05) is 42.0 Å². The quantitative estimate of drug-likeness (QED) is 0.584. The largest absolute Gasteiger partial charge is 0.478 e. The molecule has 0 aliphatic carbocycles. The second-order valence-electron chi connectivity index (χ2n) is 7.76. The minimum Gasteiger partial charge on any atom is -0.478 e. The molecule has 1 N–H and O–H groups in total. The van der Waals surface area contributed by atoms with Crippen LogP contribution in [-0.4, -0.2) is 22.2 Å². The number of aromatic carboxylic acids is 1. The molecule has 0 saturated carbocycles. The van der Waals surface area contributed by atoms with Crippen molar-refractivity contribution in [3.8, 4) is 0 Å². The van der Waals surface area contributed by atoms with Crippen LogP contribution < -0.4 is 4.90 Å². The molecule has 6 heteroatoms. The predicted octanol–water partition coefficient (Wildman–Crippen LogP) is 5.39. The average Bonchev–Trinajstić information content (AvgIpc) is 2.73. The standard InChI is InChI=1S/C25H22FNO3S/c1-15-6-9-19(16(2)12-15)14-27-21-5-3-4-20(26)23(21)31-22(24(27)28)13-17-7-10-18(11-8-17)25(29)30/h3-12,22H,13-14H2,1-2H3,(H,29,30)/t22-/m0/s1. The summed E-state index contributed by atoms with van der Waals surface area (Å²) in [6, 6.07) is 17.4. The fraction of sp³-hybridized carbons (Fsp3) is 0.200. The van der Waals surface area contributed by atoms with Crippen LogP contribution in [0.3, 0.4) is 0 Å². The van der Waals surface area contributed by atoms with Gasteiger partial charge in [-0.25, -0.2) is 9.18 Å². The first-order chi connectivity index (χ1) is 14.8. The van der Waals surface area contributed by atoms with E-state index in [1.54, 1.807) is 29.2 Å². The molecule has 31 heavy (non-hydrogen) atoms. The smallest absolute Gasteiger partial charge is 0.335 e. The Morgan fingerprint density at radius 2 is 1.84 bits per heavy atom. The number of halogens is 1. The Morgan fingerprint density at radius 3 is 2.52 bits per heavy atom. The number of carbonyl (C=O) groups is 2. The third-order valence-electron chi connectivity index (χ3n) is 5.49. The maximum Gasteiger partial charge on any atom is 0.335 e. The van der Waals surface area contributed by atoms with Gasteiger partial charge in [0, 0.05) is 0 Å². The van der Waals surface area contributed by atoms with Crippen LogP contribution in [0.5, 0.6) is 0 Å². The van der Waals surface area contributed by atoms with E-state index in [1.807, 2.05) is 26.0 Å². The molecule has 0 fully saturated rings. The first kappa shape index (κ1) is 21.1. The SMILES string of the molecule is Cc1ccc(CN2C(=O)[C@H](Cc3ccc(C(=O)O)cc3)Sc3c(F)cccc32)c(C)c1. The molecule has 1 aliphatic rings. The summed E-state index contributed by atoms with van der Waals surface area (Å²) in [6.45, 7) is 4.41. The van der Waals surface area contributed by atoms with Crippen LogP contribution in [0.1, 0.15) is 32.6 Å². The minimum atomic E-state index is -0.995. The molecule has 3 aromatic rings. The lowest BCUT2D eigenvalue weighted by Crippen LogP contribution is -2.41. The molecule has 1 aliphatic heterocycles. The van der Waals surface area contributed by atoms with Crippen molar-refractivity contribution < 1.29 is 19.1 Å². The van der Waals surface area contributed by atoms with E-state index in [-0.39, 0.29) is 17.3 Å². The number of rotatable bonds is 5. The van der Waals surface area contributed by atoms with Gasteiger partial charge >= 0.3 is 5.97 Å². The van der Waals surface area contributed by atoms with Crippen molar-refractivity contribution in [1.29, 1.82) is 0 Å². The fourth-order valence-corrected chi connectivity index (χ4v) is 5.06. The minimum absolute atomic E-state index is 0.0783. The summed E-state index contributed by atoms with van der Waals surface area (Å²) in [5, 5.41) is 8.59. The fourth-order valence-electron chi connectivity index (χ4n) is 3.79. The van der Waals surface area contributed by atoms with Gasteiger partial charge in [-0.2, -0.15) is 0 Å². The molecule has 1 amide bonds. The molecule has 4 rings (SSSR count). The number of hydrogen-bond acceptors (Lipinski definition) is 3. The number of nitrogens with zero attached hydrogens (tertiary/aromatic N) is 1. The van der Waals surface area contributed by atoms with E-state index in [4.69, 9.17) is 5.11 Å². The summed E-state index contributed by atoms with van der Waals surface area (Å²) in [4.78, 5) is 26.7. The molecule has 0 unspecified atom stereocenters. The zero-order chi connectivity index (χ0) is 22.1. The third kappa shape index (κ3) is 4.35. The third-order valence-corrected chi connectivity index (χ3v) is 6.78. The summed E-state index contributed by atoms with van der Waals surface area (Å²) >= 11 is 1.24. The van der Waals surface area contributed by atoms with E-state index in [9.17, 15) is 14.0 Å². The zero-order valence-electron chi connectivity index (χ0n) is 17.3. The van der Waals surface area contributed by atoms with E-state index in [0.29, 0.717) is 23.5 Å². The lowest BCUT2D eigenvalue weighted by molar-refractivity contribution is -0.118. The van der Waals surface area contributed by atoms with E-state index in [0.717, 1.165) is 22.3 Å². The predicted molar refractivity (Wildman–Crippen MR) is 120 cm³/mol. The van der Waals surface area contributed by atoms with Gasteiger partial charge in [-0.3, -0.25) is 4.79 Å². The van der Waals surface area contributed by atoms with Gasteiger partial charge in [-0.15, -0.1) is 11.8 Å². The van der Waals surface area contributed by atoms with Crippen molar-refractivity contribution in [3.05, 3.63) is 94.3 Å². The maximum atomic E-state index is 14.7. The normalized spacial score (nSPS) is 15.6. The molecule has 158 valence electrons. The van der Waals surface area contributed by atoms with Crippen LogP contribution in [0, 0.1) is 19.7 Å². The number of thioether (sulfide) groups is 1. The van der Waals surface area contributed by atoms with Gasteiger partial charge in [0.1, 0.15) is 5.82 Å². The Hall–Kier alpha value is -3.12. The number of anilines is 1. The first-order valence-corrected chi connectivity index (χ1v) is 10.9. The zero-order valence-corrected chi connectivity index (χ0v) is 18.1. The van der Waals surface area contributed by atoms with Gasteiger partial charge in [-0.05, 0) is 61.2 Å². The Kier molecular flexibility index (Phi) is 5.83. The van der Waals surface area contributed by atoms with E-state index in [1.165, 1.54) is 30.0 Å². The number of carboxylic acid groups (broad SMARTS) is 1. The van der Waals surface area contributed by atoms with Crippen molar-refractivity contribution >= 4 is 29.3 Å². The summed E-state index contributed by atoms with van der Waals surface area (Å²) < 4.78 is 14.7. The van der Waals surface area contributed by atoms with Gasteiger partial charge in [0.25, 0.3) is 0 Å². The highest BCUT2D eigenvalue weighted by molar-refractivity contribution is 8.01. The Balaban J connectivity index is 1.66. The topological polar surface area (TPSA) is 57.6 Å². The van der Waals surface area contributed by atoms with Crippen molar-refractivity contribution in [2.45, 2.75) is 37.0 Å². The van der Waals surface area contributed by atoms with Crippen LogP contribution in [0.15, 0.2) is 65.6 Å². The number of hydrogen-bond donors (Lipinski definition) is 1. The van der Waals surface area contributed by atoms with Crippen molar-refractivity contribution in [3.63, 3.8) is 0 Å². The van der Waals surface area contributed by atoms with Gasteiger partial charge in [0.15, 0.2) is 0 Å². The lowest BCUT2D eigenvalue weighted by atomic mass is 10.0. The second kappa shape index (κ2) is 8.55. The molecular weight excluding hydrogens is 413 g/mol. The van der Waals surface area contributed by atoms with Gasteiger partial charge in [0.2, 0.25) is 5.91 Å². The lowest BCUT2D eigenvalue weighted by Gasteiger charge is -2.34. The molecule has 0 bridgehead atoms. The summed E-state index contributed by atoms with van der Waals surface area (Å²) in [5.41, 5.74) is 4.88. The highest BCUT2D eigenvalue weighted by Gasteiger charge is 2.35. The van der Waals surface area contributed by atoms with Crippen LogP contribution in [0.2, 0.25) is 0 Å². The molecule has 0 spiro atoms. The van der Waals surface area contributed by atoms with E-state index in [2.05, 4.69) is 6.07 Å². The average molecular weight is 436 g/mol.